The fourth-order valence-electron chi connectivity index (χ4n) is 0.441. The molecule has 0 aliphatic heterocycles. The van der Waals surface area contributed by atoms with E-state index >= 15 is 0 Å². The van der Waals surface area contributed by atoms with Crippen molar-refractivity contribution >= 4 is 15.4 Å². The molecule has 0 aromatic rings. The van der Waals surface area contributed by atoms with E-state index in [4.69, 9.17) is 14.5 Å². The van der Waals surface area contributed by atoms with Crippen molar-refractivity contribution in [2.45, 2.75) is 6.92 Å². The lowest BCUT2D eigenvalue weighted by Crippen LogP contribution is -1.89. The van der Waals surface area contributed by atoms with Crippen LogP contribution in [0.3, 0.4) is 0 Å². The van der Waals surface area contributed by atoms with Crippen LogP contribution in [-0.2, 0) is 13.9 Å². The molecule has 0 spiro atoms. The van der Waals surface area contributed by atoms with Crippen LogP contribution in [0.5, 0.6) is 0 Å². The van der Waals surface area contributed by atoms with Gasteiger partial charge < -0.3 is 19.1 Å². The standard InChI is InChI=1S/C5H12O5P2/c1-3-10-4-11(6)5(2)12(7,8)9/h11H,2-4H2,1H3,(H2,7,8,9). The minimum absolute atomic E-state index is 0.148. The molecule has 7 heteroatoms. The third-order valence-electron chi connectivity index (χ3n) is 1.11. The maximum Gasteiger partial charge on any atom is 0.358 e. The first-order valence-corrected chi connectivity index (χ1v) is 6.48. The maximum atomic E-state index is 11.0. The summed E-state index contributed by atoms with van der Waals surface area (Å²) in [6.07, 6.45) is -0.148. The number of rotatable bonds is 5. The Kier molecular flexibility index (Phi) is 4.98. The molecule has 1 atom stereocenters. The van der Waals surface area contributed by atoms with Gasteiger partial charge in [0.05, 0.1) is 5.06 Å². The van der Waals surface area contributed by atoms with Crippen molar-refractivity contribution in [1.29, 1.82) is 0 Å². The molecule has 0 aromatic heterocycles. The molecule has 5 nitrogen and oxygen atoms in total. The van der Waals surface area contributed by atoms with Gasteiger partial charge in [0.2, 0.25) is 0 Å². The van der Waals surface area contributed by atoms with E-state index in [9.17, 15) is 9.13 Å². The van der Waals surface area contributed by atoms with E-state index in [2.05, 4.69) is 6.58 Å². The SMILES string of the molecule is C=C([PH](=O)COCC)P(=O)(O)O. The molecule has 0 heterocycles. The summed E-state index contributed by atoms with van der Waals surface area (Å²) in [5.74, 6) is 0. The van der Waals surface area contributed by atoms with Gasteiger partial charge in [0.1, 0.15) is 14.1 Å². The van der Waals surface area contributed by atoms with Gasteiger partial charge in [-0.3, -0.25) is 4.57 Å². The Morgan fingerprint density at radius 1 is 1.67 bits per heavy atom. The van der Waals surface area contributed by atoms with Crippen LogP contribution in [0.1, 0.15) is 6.92 Å². The summed E-state index contributed by atoms with van der Waals surface area (Å²) in [5, 5.41) is -0.513. The van der Waals surface area contributed by atoms with Gasteiger partial charge in [-0.15, -0.1) is 0 Å². The van der Waals surface area contributed by atoms with Crippen molar-refractivity contribution in [3.8, 4) is 0 Å². The molecule has 0 rings (SSSR count). The van der Waals surface area contributed by atoms with Crippen LogP contribution >= 0.6 is 15.4 Å². The average Bonchev–Trinajstić information content (AvgIpc) is 1.97. The lowest BCUT2D eigenvalue weighted by Gasteiger charge is -2.06. The van der Waals surface area contributed by atoms with E-state index in [1.807, 2.05) is 0 Å². The monoisotopic (exact) mass is 214 g/mol. The van der Waals surface area contributed by atoms with Crippen LogP contribution in [0.2, 0.25) is 0 Å². The highest BCUT2D eigenvalue weighted by Crippen LogP contribution is 2.56. The van der Waals surface area contributed by atoms with Crippen molar-refractivity contribution in [3.63, 3.8) is 0 Å². The quantitative estimate of drug-likeness (QED) is 0.671. The van der Waals surface area contributed by atoms with E-state index < -0.39 is 20.5 Å². The zero-order valence-electron chi connectivity index (χ0n) is 6.69. The van der Waals surface area contributed by atoms with Crippen molar-refractivity contribution < 1.29 is 23.7 Å². The van der Waals surface area contributed by atoms with Gasteiger partial charge in [0.15, 0.2) is 0 Å². The van der Waals surface area contributed by atoms with Gasteiger partial charge in [-0.25, -0.2) is 0 Å². The molecule has 0 saturated heterocycles. The fraction of sp³-hybridized carbons (Fsp3) is 0.600. The van der Waals surface area contributed by atoms with E-state index in [1.54, 1.807) is 6.92 Å². The first kappa shape index (κ1) is 12.1. The molecule has 0 amide bonds. The number of hydrogen-bond donors (Lipinski definition) is 2. The summed E-state index contributed by atoms with van der Waals surface area (Å²) < 4.78 is 26.3. The smallest absolute Gasteiger partial charge is 0.358 e. The Morgan fingerprint density at radius 2 is 2.17 bits per heavy atom. The van der Waals surface area contributed by atoms with Crippen molar-refractivity contribution in [1.82, 2.24) is 0 Å². The Morgan fingerprint density at radius 3 is 2.50 bits per heavy atom. The largest absolute Gasteiger partial charge is 0.374 e. The number of hydrogen-bond acceptors (Lipinski definition) is 3. The second-order valence-corrected chi connectivity index (χ2v) is 5.84. The van der Waals surface area contributed by atoms with Gasteiger partial charge in [-0.2, -0.15) is 0 Å². The topological polar surface area (TPSA) is 83.8 Å². The minimum Gasteiger partial charge on any atom is -0.374 e. The summed E-state index contributed by atoms with van der Waals surface area (Å²) in [6.45, 7) is 5.14. The van der Waals surface area contributed by atoms with Gasteiger partial charge in [0.25, 0.3) is 0 Å². The minimum atomic E-state index is -4.39. The first-order valence-electron chi connectivity index (χ1n) is 3.25. The molecule has 0 radical (unpaired) electrons. The van der Waals surface area contributed by atoms with Gasteiger partial charge in [-0.1, -0.05) is 6.58 Å². The predicted octanol–water partition coefficient (Wildman–Crippen LogP) is 1.19. The molecule has 0 saturated carbocycles. The number of ether oxygens (including phenoxy) is 1. The Hall–Kier alpha value is 0.0800. The third-order valence-corrected chi connectivity index (χ3v) is 4.55. The van der Waals surface area contributed by atoms with Crippen LogP contribution in [-0.4, -0.2) is 22.7 Å². The summed E-state index contributed by atoms with van der Waals surface area (Å²) in [4.78, 5) is 17.1. The molecule has 12 heavy (non-hydrogen) atoms. The van der Waals surface area contributed by atoms with Crippen LogP contribution in [0.15, 0.2) is 11.6 Å². The van der Waals surface area contributed by atoms with E-state index in [-0.39, 0.29) is 6.35 Å². The Bertz CT molecular complexity index is 230. The molecule has 0 aromatic carbocycles. The van der Waals surface area contributed by atoms with E-state index in [1.165, 1.54) is 0 Å². The fourth-order valence-corrected chi connectivity index (χ4v) is 2.49. The lowest BCUT2D eigenvalue weighted by molar-refractivity contribution is 0.194. The lowest BCUT2D eigenvalue weighted by atomic mass is 10.9. The molecule has 2 N–H and O–H groups in total. The van der Waals surface area contributed by atoms with Crippen molar-refractivity contribution in [3.05, 3.63) is 11.6 Å². The summed E-state index contributed by atoms with van der Waals surface area (Å²) >= 11 is 0. The summed E-state index contributed by atoms with van der Waals surface area (Å²) in [5.41, 5.74) is 0. The highest BCUT2D eigenvalue weighted by Gasteiger charge is 2.23. The maximum absolute atomic E-state index is 11.0. The predicted molar refractivity (Wildman–Crippen MR) is 46.7 cm³/mol. The summed E-state index contributed by atoms with van der Waals surface area (Å²) in [6, 6.07) is 0. The van der Waals surface area contributed by atoms with Crippen LogP contribution < -0.4 is 0 Å². The molecule has 0 fully saturated rings. The zero-order chi connectivity index (χ0) is 9.78. The third kappa shape index (κ3) is 4.19. The molecule has 0 aliphatic carbocycles. The molecular formula is C5H12O5P2. The summed E-state index contributed by atoms with van der Waals surface area (Å²) in [7, 11) is -6.91. The molecule has 1 unspecified atom stereocenters. The normalized spacial score (nSPS) is 14.2. The molecule has 0 bridgehead atoms. The van der Waals surface area contributed by atoms with Gasteiger partial charge in [-0.05, 0) is 6.92 Å². The highest BCUT2D eigenvalue weighted by molar-refractivity contribution is 7.73. The van der Waals surface area contributed by atoms with Crippen molar-refractivity contribution in [2.24, 2.45) is 0 Å². The highest BCUT2D eigenvalue weighted by atomic mass is 31.2. The van der Waals surface area contributed by atoms with Crippen LogP contribution in [0.4, 0.5) is 0 Å². The van der Waals surface area contributed by atoms with Crippen LogP contribution in [0, 0.1) is 0 Å². The first-order chi connectivity index (χ1) is 5.39. The molecule has 72 valence electrons. The Balaban J connectivity index is 4.13. The second kappa shape index (κ2) is 4.95. The van der Waals surface area contributed by atoms with Gasteiger partial charge in [0, 0.05) is 6.61 Å². The van der Waals surface area contributed by atoms with Crippen molar-refractivity contribution in [2.75, 3.05) is 13.0 Å². The molecular weight excluding hydrogens is 202 g/mol. The van der Waals surface area contributed by atoms with Crippen LogP contribution in [0.25, 0.3) is 0 Å². The van der Waals surface area contributed by atoms with E-state index in [0.29, 0.717) is 6.61 Å². The zero-order valence-corrected chi connectivity index (χ0v) is 8.58. The average molecular weight is 214 g/mol. The van der Waals surface area contributed by atoms with Gasteiger partial charge >= 0.3 is 7.60 Å². The Labute approximate surface area is 71.4 Å². The molecule has 0 aliphatic rings. The second-order valence-electron chi connectivity index (χ2n) is 2.05. The van der Waals surface area contributed by atoms with E-state index in [0.717, 1.165) is 0 Å².